The van der Waals surface area contributed by atoms with Gasteiger partial charge >= 0.3 is 0 Å². The van der Waals surface area contributed by atoms with Crippen molar-refractivity contribution in [2.75, 3.05) is 7.11 Å². The van der Waals surface area contributed by atoms with Crippen molar-refractivity contribution in [1.29, 1.82) is 0 Å². The molecule has 0 aliphatic heterocycles. The number of hydrogen-bond donors (Lipinski definition) is 1. The Balaban J connectivity index is 2.28. The van der Waals surface area contributed by atoms with Crippen LogP contribution in [-0.4, -0.2) is 7.11 Å². The summed E-state index contributed by atoms with van der Waals surface area (Å²) in [6.45, 7) is 0. The summed E-state index contributed by atoms with van der Waals surface area (Å²) in [5.41, 5.74) is 7.97. The quantitative estimate of drug-likeness (QED) is 0.865. The van der Waals surface area contributed by atoms with Crippen LogP contribution in [0.1, 0.15) is 17.2 Å². The van der Waals surface area contributed by atoms with E-state index < -0.39 is 0 Å². The first kappa shape index (κ1) is 15.5. The molecule has 20 heavy (non-hydrogen) atoms. The standard InChI is InChI=1S/C15H14Cl3NO/c1-20-15-8-12(17)10(7-13(15)18)14(19)6-9-4-2-3-5-11(9)16/h2-5,7-8,14H,6,19H2,1H3. The van der Waals surface area contributed by atoms with Crippen LogP contribution in [-0.2, 0) is 6.42 Å². The highest BCUT2D eigenvalue weighted by atomic mass is 35.5. The van der Waals surface area contributed by atoms with Crippen LogP contribution < -0.4 is 10.5 Å². The Bertz CT molecular complexity index is 616. The first-order valence-corrected chi connectivity index (χ1v) is 7.18. The monoisotopic (exact) mass is 329 g/mol. The van der Waals surface area contributed by atoms with Crippen LogP contribution in [0.15, 0.2) is 36.4 Å². The number of methoxy groups -OCH3 is 1. The maximum absolute atomic E-state index is 6.23. The lowest BCUT2D eigenvalue weighted by atomic mass is 9.99. The molecular formula is C15H14Cl3NO. The van der Waals surface area contributed by atoms with E-state index in [9.17, 15) is 0 Å². The Hall–Kier alpha value is -0.930. The molecule has 2 aromatic carbocycles. The van der Waals surface area contributed by atoms with Crippen LogP contribution in [0.2, 0.25) is 15.1 Å². The van der Waals surface area contributed by atoms with E-state index in [1.54, 1.807) is 19.2 Å². The van der Waals surface area contributed by atoms with Gasteiger partial charge in [0.2, 0.25) is 0 Å². The van der Waals surface area contributed by atoms with Gasteiger partial charge in [-0.25, -0.2) is 0 Å². The lowest BCUT2D eigenvalue weighted by molar-refractivity contribution is 0.415. The second-order valence-corrected chi connectivity index (χ2v) is 5.63. The summed E-state index contributed by atoms with van der Waals surface area (Å²) in [6.07, 6.45) is 0.585. The van der Waals surface area contributed by atoms with Gasteiger partial charge in [-0.3, -0.25) is 0 Å². The van der Waals surface area contributed by atoms with Crippen molar-refractivity contribution < 1.29 is 4.74 Å². The van der Waals surface area contributed by atoms with Gasteiger partial charge in [-0.2, -0.15) is 0 Å². The molecule has 5 heteroatoms. The van der Waals surface area contributed by atoms with Gasteiger partial charge in [0.1, 0.15) is 5.75 Å². The van der Waals surface area contributed by atoms with E-state index in [0.717, 1.165) is 11.1 Å². The zero-order chi connectivity index (χ0) is 14.7. The number of nitrogens with two attached hydrogens (primary N) is 1. The Morgan fingerprint density at radius 1 is 1.05 bits per heavy atom. The van der Waals surface area contributed by atoms with Gasteiger partial charge < -0.3 is 10.5 Å². The Kier molecular flexibility index (Phi) is 5.17. The number of benzene rings is 2. The summed E-state index contributed by atoms with van der Waals surface area (Å²) in [4.78, 5) is 0. The van der Waals surface area contributed by atoms with Gasteiger partial charge in [-0.05, 0) is 29.7 Å². The second-order valence-electron chi connectivity index (χ2n) is 4.41. The van der Waals surface area contributed by atoms with Gasteiger partial charge in [0.05, 0.1) is 12.1 Å². The second kappa shape index (κ2) is 6.68. The molecule has 0 fully saturated rings. The molecule has 0 radical (unpaired) electrons. The SMILES string of the molecule is COc1cc(Cl)c(C(N)Cc2ccccc2Cl)cc1Cl. The van der Waals surface area contributed by atoms with E-state index in [1.165, 1.54) is 0 Å². The average Bonchev–Trinajstić information content (AvgIpc) is 2.43. The predicted molar refractivity (Wildman–Crippen MR) is 85.1 cm³/mol. The summed E-state index contributed by atoms with van der Waals surface area (Å²) in [7, 11) is 1.54. The highest BCUT2D eigenvalue weighted by Crippen LogP contribution is 2.34. The fourth-order valence-electron chi connectivity index (χ4n) is 2.00. The number of ether oxygens (including phenoxy) is 1. The van der Waals surface area contributed by atoms with E-state index in [0.29, 0.717) is 27.2 Å². The van der Waals surface area contributed by atoms with Crippen molar-refractivity contribution >= 4 is 34.8 Å². The average molecular weight is 331 g/mol. The molecule has 1 atom stereocenters. The van der Waals surface area contributed by atoms with Crippen LogP contribution in [0.25, 0.3) is 0 Å². The van der Waals surface area contributed by atoms with Gasteiger partial charge in [0, 0.05) is 22.2 Å². The number of hydrogen-bond acceptors (Lipinski definition) is 2. The molecule has 1 unspecified atom stereocenters. The molecule has 0 bridgehead atoms. The Morgan fingerprint density at radius 2 is 1.75 bits per heavy atom. The van der Waals surface area contributed by atoms with Gasteiger partial charge in [-0.1, -0.05) is 53.0 Å². The zero-order valence-corrected chi connectivity index (χ0v) is 13.1. The lowest BCUT2D eigenvalue weighted by Crippen LogP contribution is -2.14. The molecule has 106 valence electrons. The van der Waals surface area contributed by atoms with E-state index >= 15 is 0 Å². The molecule has 2 nitrogen and oxygen atoms in total. The molecule has 0 spiro atoms. The molecular weight excluding hydrogens is 317 g/mol. The highest BCUT2D eigenvalue weighted by Gasteiger charge is 2.15. The molecule has 0 aliphatic carbocycles. The summed E-state index contributed by atoms with van der Waals surface area (Å²) in [5.74, 6) is 0.533. The summed E-state index contributed by atoms with van der Waals surface area (Å²) >= 11 is 18.5. The van der Waals surface area contributed by atoms with Crippen LogP contribution >= 0.6 is 34.8 Å². The smallest absolute Gasteiger partial charge is 0.138 e. The fourth-order valence-corrected chi connectivity index (χ4v) is 2.75. The summed E-state index contributed by atoms with van der Waals surface area (Å²) in [6, 6.07) is 10.7. The maximum atomic E-state index is 6.23. The number of halogens is 3. The fraction of sp³-hybridized carbons (Fsp3) is 0.200. The molecule has 0 heterocycles. The zero-order valence-electron chi connectivity index (χ0n) is 10.9. The normalized spacial score (nSPS) is 12.2. The van der Waals surface area contributed by atoms with E-state index in [4.69, 9.17) is 45.3 Å². The van der Waals surface area contributed by atoms with Crippen molar-refractivity contribution in [3.63, 3.8) is 0 Å². The first-order valence-electron chi connectivity index (χ1n) is 6.05. The minimum atomic E-state index is -0.286. The molecule has 2 N–H and O–H groups in total. The molecule has 0 amide bonds. The van der Waals surface area contributed by atoms with Crippen molar-refractivity contribution in [1.82, 2.24) is 0 Å². The summed E-state index contributed by atoms with van der Waals surface area (Å²) < 4.78 is 5.12. The van der Waals surface area contributed by atoms with Crippen molar-refractivity contribution in [2.24, 2.45) is 5.73 Å². The van der Waals surface area contributed by atoms with Crippen LogP contribution in [0.3, 0.4) is 0 Å². The topological polar surface area (TPSA) is 35.2 Å². The van der Waals surface area contributed by atoms with Crippen LogP contribution in [0, 0.1) is 0 Å². The van der Waals surface area contributed by atoms with Crippen molar-refractivity contribution in [3.05, 3.63) is 62.6 Å². The van der Waals surface area contributed by atoms with E-state index in [1.807, 2.05) is 24.3 Å². The summed E-state index contributed by atoms with van der Waals surface area (Å²) in [5, 5.41) is 1.71. The van der Waals surface area contributed by atoms with Gasteiger partial charge in [0.25, 0.3) is 0 Å². The lowest BCUT2D eigenvalue weighted by Gasteiger charge is -2.16. The Morgan fingerprint density at radius 3 is 2.40 bits per heavy atom. The minimum Gasteiger partial charge on any atom is -0.495 e. The third kappa shape index (κ3) is 3.39. The van der Waals surface area contributed by atoms with Gasteiger partial charge in [0.15, 0.2) is 0 Å². The molecule has 0 saturated heterocycles. The first-order chi connectivity index (χ1) is 9.52. The highest BCUT2D eigenvalue weighted by molar-refractivity contribution is 6.34. The van der Waals surface area contributed by atoms with E-state index in [2.05, 4.69) is 0 Å². The Labute approximate surface area is 133 Å². The van der Waals surface area contributed by atoms with Crippen LogP contribution in [0.5, 0.6) is 5.75 Å². The molecule has 2 aromatic rings. The molecule has 2 rings (SSSR count). The van der Waals surface area contributed by atoms with Crippen LogP contribution in [0.4, 0.5) is 0 Å². The largest absolute Gasteiger partial charge is 0.495 e. The van der Waals surface area contributed by atoms with E-state index in [-0.39, 0.29) is 6.04 Å². The van der Waals surface area contributed by atoms with Gasteiger partial charge in [-0.15, -0.1) is 0 Å². The van der Waals surface area contributed by atoms with Crippen molar-refractivity contribution in [2.45, 2.75) is 12.5 Å². The molecule has 0 saturated carbocycles. The molecule has 0 aliphatic rings. The predicted octanol–water partition coefficient (Wildman–Crippen LogP) is 4.90. The maximum Gasteiger partial charge on any atom is 0.138 e. The number of rotatable bonds is 4. The van der Waals surface area contributed by atoms with Crippen molar-refractivity contribution in [3.8, 4) is 5.75 Å². The minimum absolute atomic E-state index is 0.286. The third-order valence-corrected chi connectivity index (χ3v) is 4.06. The third-order valence-electron chi connectivity index (χ3n) is 3.07. The molecule has 0 aromatic heterocycles.